The number of esters is 1. The Hall–Kier alpha value is -1.62. The molecular formula is C24H38O3Si2. The minimum atomic E-state index is -1.87. The molecule has 0 radical (unpaired) electrons. The molecule has 0 aliphatic rings. The third-order valence-electron chi connectivity index (χ3n) is 4.95. The normalized spacial score (nSPS) is 13.7. The molecule has 0 unspecified atom stereocenters. The largest absolute Gasteiger partial charge is 0.458 e. The van der Waals surface area contributed by atoms with E-state index in [4.69, 9.17) is 9.16 Å². The second-order valence-electron chi connectivity index (χ2n) is 9.93. The SMILES string of the molecule is CC(C)(C)[Si](C)(C)O[C@H](CC#C[Si](C)(C)C)C/C=C/COC(=O)c1ccccc1. The van der Waals surface area contributed by atoms with Crippen molar-refractivity contribution in [1.29, 1.82) is 0 Å². The Morgan fingerprint density at radius 1 is 1.07 bits per heavy atom. The molecule has 0 saturated carbocycles. The van der Waals surface area contributed by atoms with Crippen LogP contribution in [0.2, 0.25) is 37.8 Å². The van der Waals surface area contributed by atoms with Crippen molar-refractivity contribution in [1.82, 2.24) is 0 Å². The highest BCUT2D eigenvalue weighted by atomic mass is 28.4. The van der Waals surface area contributed by atoms with Crippen LogP contribution < -0.4 is 0 Å². The van der Waals surface area contributed by atoms with Crippen LogP contribution in [0.25, 0.3) is 0 Å². The van der Waals surface area contributed by atoms with Crippen LogP contribution in [0.5, 0.6) is 0 Å². The highest BCUT2D eigenvalue weighted by molar-refractivity contribution is 6.83. The maximum atomic E-state index is 12.0. The molecule has 0 aromatic heterocycles. The van der Waals surface area contributed by atoms with Gasteiger partial charge in [0.25, 0.3) is 0 Å². The van der Waals surface area contributed by atoms with Crippen LogP contribution in [0.1, 0.15) is 44.0 Å². The molecule has 1 aromatic rings. The van der Waals surface area contributed by atoms with Gasteiger partial charge in [0, 0.05) is 6.42 Å². The Morgan fingerprint density at radius 2 is 1.69 bits per heavy atom. The Kier molecular flexibility index (Phi) is 9.61. The standard InChI is InChI=1S/C24H38O3Si2/c1-24(2,3)29(7,8)27-22(18-14-20-28(4,5)6)17-12-13-19-26-23(25)21-15-10-9-11-16-21/h9-13,15-16,22H,17-19H2,1-8H3/b13-12+/t22-/m0/s1. The second kappa shape index (κ2) is 11.0. The number of carbonyl (C=O) groups is 1. The number of ether oxygens (including phenoxy) is 1. The fourth-order valence-electron chi connectivity index (χ4n) is 2.29. The quantitative estimate of drug-likeness (QED) is 0.206. The van der Waals surface area contributed by atoms with E-state index in [1.54, 1.807) is 12.1 Å². The van der Waals surface area contributed by atoms with E-state index in [9.17, 15) is 4.79 Å². The number of hydrogen-bond acceptors (Lipinski definition) is 3. The lowest BCUT2D eigenvalue weighted by Crippen LogP contribution is -2.43. The number of benzene rings is 1. The first-order valence-electron chi connectivity index (χ1n) is 10.4. The Bertz CT molecular complexity index is 729. The van der Waals surface area contributed by atoms with Crippen LogP contribution in [0.4, 0.5) is 0 Å². The zero-order chi connectivity index (χ0) is 22.1. The predicted octanol–water partition coefficient (Wildman–Crippen LogP) is 6.45. The summed E-state index contributed by atoms with van der Waals surface area (Å²) in [6, 6.07) is 9.05. The van der Waals surface area contributed by atoms with Crippen molar-refractivity contribution in [2.75, 3.05) is 6.61 Å². The average molecular weight is 431 g/mol. The van der Waals surface area contributed by atoms with Gasteiger partial charge in [0.1, 0.15) is 14.7 Å². The molecule has 0 aliphatic heterocycles. The lowest BCUT2D eigenvalue weighted by atomic mass is 10.2. The second-order valence-corrected chi connectivity index (χ2v) is 19.4. The summed E-state index contributed by atoms with van der Waals surface area (Å²) < 4.78 is 11.9. The molecule has 0 amide bonds. The van der Waals surface area contributed by atoms with E-state index in [2.05, 4.69) is 65.0 Å². The summed E-state index contributed by atoms with van der Waals surface area (Å²) in [7, 11) is -3.26. The van der Waals surface area contributed by atoms with Gasteiger partial charge in [0.2, 0.25) is 0 Å². The van der Waals surface area contributed by atoms with Crippen molar-refractivity contribution in [2.45, 2.75) is 77.5 Å². The lowest BCUT2D eigenvalue weighted by Gasteiger charge is -2.38. The van der Waals surface area contributed by atoms with Gasteiger partial charge in [-0.3, -0.25) is 0 Å². The molecule has 0 heterocycles. The number of rotatable bonds is 8. The zero-order valence-corrected chi connectivity index (χ0v) is 21.5. The first-order chi connectivity index (χ1) is 13.3. The molecule has 0 bridgehead atoms. The highest BCUT2D eigenvalue weighted by Crippen LogP contribution is 2.38. The summed E-state index contributed by atoms with van der Waals surface area (Å²) in [4.78, 5) is 12.0. The zero-order valence-electron chi connectivity index (χ0n) is 19.5. The van der Waals surface area contributed by atoms with Crippen molar-refractivity contribution >= 4 is 22.4 Å². The van der Waals surface area contributed by atoms with Gasteiger partial charge in [-0.2, -0.15) is 0 Å². The monoisotopic (exact) mass is 430 g/mol. The van der Waals surface area contributed by atoms with E-state index in [1.165, 1.54) is 0 Å². The third-order valence-corrected chi connectivity index (χ3v) is 10.4. The van der Waals surface area contributed by atoms with Crippen LogP contribution in [-0.4, -0.2) is 35.1 Å². The van der Waals surface area contributed by atoms with Gasteiger partial charge in [0.15, 0.2) is 8.32 Å². The van der Waals surface area contributed by atoms with Crippen LogP contribution >= 0.6 is 0 Å². The minimum absolute atomic E-state index is 0.0702. The van der Waals surface area contributed by atoms with Crippen molar-refractivity contribution in [3.63, 3.8) is 0 Å². The van der Waals surface area contributed by atoms with Gasteiger partial charge in [-0.1, -0.05) is 70.8 Å². The maximum Gasteiger partial charge on any atom is 0.338 e. The number of carbonyl (C=O) groups excluding carboxylic acids is 1. The molecule has 0 fully saturated rings. The molecule has 29 heavy (non-hydrogen) atoms. The molecule has 0 aliphatic carbocycles. The topological polar surface area (TPSA) is 35.5 Å². The molecule has 1 rings (SSSR count). The Labute approximate surface area is 180 Å². The van der Waals surface area contributed by atoms with E-state index < -0.39 is 16.4 Å². The predicted molar refractivity (Wildman–Crippen MR) is 128 cm³/mol. The van der Waals surface area contributed by atoms with Gasteiger partial charge >= 0.3 is 5.97 Å². The van der Waals surface area contributed by atoms with Crippen LogP contribution in [0.3, 0.4) is 0 Å². The summed E-state index contributed by atoms with van der Waals surface area (Å²) in [6.45, 7) is 18.3. The number of hydrogen-bond donors (Lipinski definition) is 0. The van der Waals surface area contributed by atoms with Crippen molar-refractivity contribution < 1.29 is 14.0 Å². The molecule has 0 spiro atoms. The highest BCUT2D eigenvalue weighted by Gasteiger charge is 2.38. The fourth-order valence-corrected chi connectivity index (χ4v) is 4.29. The first-order valence-corrected chi connectivity index (χ1v) is 16.8. The summed E-state index contributed by atoms with van der Waals surface area (Å²) in [5, 5.41) is 0.159. The molecule has 1 aromatic carbocycles. The van der Waals surface area contributed by atoms with Crippen LogP contribution in [0, 0.1) is 11.5 Å². The molecular weight excluding hydrogens is 392 g/mol. The molecule has 3 nitrogen and oxygen atoms in total. The Balaban J connectivity index is 2.66. The summed E-state index contributed by atoms with van der Waals surface area (Å²) in [5.74, 6) is 3.07. The van der Waals surface area contributed by atoms with Crippen molar-refractivity contribution in [3.05, 3.63) is 48.0 Å². The van der Waals surface area contributed by atoms with Gasteiger partial charge in [0.05, 0.1) is 11.7 Å². The van der Waals surface area contributed by atoms with Crippen molar-refractivity contribution in [2.24, 2.45) is 0 Å². The minimum Gasteiger partial charge on any atom is -0.458 e. The summed E-state index contributed by atoms with van der Waals surface area (Å²) in [5.41, 5.74) is 4.01. The summed E-state index contributed by atoms with van der Waals surface area (Å²) in [6.07, 6.45) is 5.53. The first kappa shape index (κ1) is 25.4. The average Bonchev–Trinajstić information content (AvgIpc) is 2.59. The van der Waals surface area contributed by atoms with E-state index in [-0.39, 0.29) is 23.7 Å². The molecule has 5 heteroatoms. The third kappa shape index (κ3) is 10.1. The lowest BCUT2D eigenvalue weighted by molar-refractivity contribution is 0.0549. The molecule has 0 N–H and O–H groups in total. The van der Waals surface area contributed by atoms with E-state index in [0.29, 0.717) is 5.56 Å². The maximum absolute atomic E-state index is 12.0. The Morgan fingerprint density at radius 3 is 2.24 bits per heavy atom. The molecule has 160 valence electrons. The van der Waals surface area contributed by atoms with Gasteiger partial charge in [-0.05, 0) is 36.7 Å². The molecule has 1 atom stereocenters. The van der Waals surface area contributed by atoms with E-state index >= 15 is 0 Å². The van der Waals surface area contributed by atoms with E-state index in [0.717, 1.165) is 12.8 Å². The van der Waals surface area contributed by atoms with Gasteiger partial charge in [-0.25, -0.2) is 4.79 Å². The van der Waals surface area contributed by atoms with Crippen molar-refractivity contribution in [3.8, 4) is 11.5 Å². The fraction of sp³-hybridized carbons (Fsp3) is 0.542. The summed E-state index contributed by atoms with van der Waals surface area (Å²) >= 11 is 0. The van der Waals surface area contributed by atoms with Crippen LogP contribution in [0.15, 0.2) is 42.5 Å². The molecule has 0 saturated heterocycles. The van der Waals surface area contributed by atoms with Gasteiger partial charge < -0.3 is 9.16 Å². The smallest absolute Gasteiger partial charge is 0.338 e. The van der Waals surface area contributed by atoms with Crippen LogP contribution in [-0.2, 0) is 9.16 Å². The van der Waals surface area contributed by atoms with E-state index in [1.807, 2.05) is 30.4 Å². The van der Waals surface area contributed by atoms with Gasteiger partial charge in [-0.15, -0.1) is 11.5 Å².